The van der Waals surface area contributed by atoms with Crippen LogP contribution in [0.3, 0.4) is 0 Å². The molecule has 184 valence electrons. The second kappa shape index (κ2) is 10.5. The number of amides is 4. The number of barbiturate groups is 1. The topological polar surface area (TPSA) is 136 Å². The zero-order valence-electron chi connectivity index (χ0n) is 19.4. The number of anilines is 1. The van der Waals surface area contributed by atoms with Gasteiger partial charge >= 0.3 is 12.0 Å². The monoisotopic (exact) mass is 497 g/mol. The number of nitrogens with one attached hydrogen (secondary N) is 1. The summed E-state index contributed by atoms with van der Waals surface area (Å²) in [6, 6.07) is 17.7. The predicted octanol–water partition coefficient (Wildman–Crippen LogP) is 4.19. The number of carbonyl (C=O) groups is 4. The van der Waals surface area contributed by atoms with Crippen LogP contribution in [0.15, 0.2) is 84.4 Å². The lowest BCUT2D eigenvalue weighted by molar-refractivity contribution is -0.384. The lowest BCUT2D eigenvalue weighted by Gasteiger charge is -2.26. The molecule has 1 fully saturated rings. The molecular formula is C27H19N3O7. The van der Waals surface area contributed by atoms with Crippen LogP contribution in [0, 0.1) is 17.0 Å². The molecule has 3 aromatic rings. The van der Waals surface area contributed by atoms with E-state index in [2.05, 4.69) is 5.32 Å². The number of rotatable bonds is 6. The van der Waals surface area contributed by atoms with Crippen molar-refractivity contribution in [3.8, 4) is 5.75 Å². The Morgan fingerprint density at radius 2 is 1.73 bits per heavy atom. The van der Waals surface area contributed by atoms with E-state index in [4.69, 9.17) is 4.74 Å². The number of imide groups is 2. The largest absolute Gasteiger partial charge is 0.423 e. The maximum absolute atomic E-state index is 13.1. The highest BCUT2D eigenvalue weighted by molar-refractivity contribution is 6.39. The molecule has 1 aliphatic heterocycles. The van der Waals surface area contributed by atoms with Gasteiger partial charge in [0, 0.05) is 23.8 Å². The molecule has 0 unspecified atom stereocenters. The lowest BCUT2D eigenvalue weighted by atomic mass is 10.1. The molecule has 1 aliphatic rings. The Bertz CT molecular complexity index is 1490. The summed E-state index contributed by atoms with van der Waals surface area (Å²) in [4.78, 5) is 61.7. The first-order valence-electron chi connectivity index (χ1n) is 10.9. The Balaban J connectivity index is 1.58. The van der Waals surface area contributed by atoms with Crippen molar-refractivity contribution in [2.45, 2.75) is 6.92 Å². The lowest BCUT2D eigenvalue weighted by Crippen LogP contribution is -2.54. The number of ether oxygens (including phenoxy) is 1. The predicted molar refractivity (Wildman–Crippen MR) is 134 cm³/mol. The Hall–Kier alpha value is -5.38. The average molecular weight is 497 g/mol. The van der Waals surface area contributed by atoms with Crippen LogP contribution in [0.5, 0.6) is 5.75 Å². The second-order valence-electron chi connectivity index (χ2n) is 7.94. The molecule has 0 spiro atoms. The Morgan fingerprint density at radius 3 is 2.46 bits per heavy atom. The molecule has 10 nitrogen and oxygen atoms in total. The maximum Gasteiger partial charge on any atom is 0.336 e. The number of hydrogen-bond donors (Lipinski definition) is 1. The van der Waals surface area contributed by atoms with Crippen LogP contribution in [-0.4, -0.2) is 28.7 Å². The van der Waals surface area contributed by atoms with Crippen molar-refractivity contribution >= 4 is 47.3 Å². The third-order valence-corrected chi connectivity index (χ3v) is 5.32. The van der Waals surface area contributed by atoms with Gasteiger partial charge in [0.15, 0.2) is 0 Å². The van der Waals surface area contributed by atoms with Crippen molar-refractivity contribution in [1.82, 2.24) is 5.32 Å². The average Bonchev–Trinajstić information content (AvgIpc) is 2.87. The Morgan fingerprint density at radius 1 is 1.00 bits per heavy atom. The van der Waals surface area contributed by atoms with Gasteiger partial charge in [-0.05, 0) is 42.8 Å². The zero-order valence-corrected chi connectivity index (χ0v) is 19.4. The number of urea groups is 1. The molecule has 4 amide bonds. The number of para-hydroxylation sites is 1. The van der Waals surface area contributed by atoms with Gasteiger partial charge in [-0.25, -0.2) is 14.5 Å². The number of nitro groups is 1. The van der Waals surface area contributed by atoms with Crippen LogP contribution < -0.4 is 15.0 Å². The van der Waals surface area contributed by atoms with Gasteiger partial charge in [-0.1, -0.05) is 48.0 Å². The molecule has 0 atom stereocenters. The molecule has 37 heavy (non-hydrogen) atoms. The Labute approximate surface area is 210 Å². The molecular weight excluding hydrogens is 478 g/mol. The first-order chi connectivity index (χ1) is 17.7. The van der Waals surface area contributed by atoms with E-state index in [0.717, 1.165) is 16.5 Å². The van der Waals surface area contributed by atoms with Crippen LogP contribution in [0.1, 0.15) is 16.7 Å². The van der Waals surface area contributed by atoms with Gasteiger partial charge in [0.25, 0.3) is 17.5 Å². The number of benzene rings is 3. The maximum atomic E-state index is 13.1. The van der Waals surface area contributed by atoms with Gasteiger partial charge in [0.1, 0.15) is 11.3 Å². The van der Waals surface area contributed by atoms with Gasteiger partial charge in [-0.15, -0.1) is 0 Å². The first kappa shape index (κ1) is 24.7. The normalized spacial score (nSPS) is 14.7. The van der Waals surface area contributed by atoms with Crippen molar-refractivity contribution in [3.63, 3.8) is 0 Å². The molecule has 1 saturated heterocycles. The summed E-state index contributed by atoms with van der Waals surface area (Å²) in [6.45, 7) is 1.85. The SMILES string of the molecule is Cc1ccc(N2C(=O)NC(=O)/C(=C/c3ccccc3OC(=O)/C=C/c3cccc([N+](=O)[O-])c3)C2=O)cc1. The van der Waals surface area contributed by atoms with Crippen molar-refractivity contribution < 1.29 is 28.8 Å². The number of hydrogen-bond acceptors (Lipinski definition) is 7. The van der Waals surface area contributed by atoms with Crippen molar-refractivity contribution in [2.24, 2.45) is 0 Å². The number of non-ortho nitro benzene ring substituents is 1. The highest BCUT2D eigenvalue weighted by Crippen LogP contribution is 2.26. The van der Waals surface area contributed by atoms with Gasteiger partial charge in [-0.2, -0.15) is 0 Å². The molecule has 4 rings (SSSR count). The van der Waals surface area contributed by atoms with Crippen LogP contribution >= 0.6 is 0 Å². The summed E-state index contributed by atoms with van der Waals surface area (Å²) in [5.41, 5.74) is 1.44. The quantitative estimate of drug-likeness (QED) is 0.135. The minimum atomic E-state index is -0.884. The minimum Gasteiger partial charge on any atom is -0.423 e. The molecule has 0 aromatic heterocycles. The van der Waals surface area contributed by atoms with Crippen LogP contribution in [0.4, 0.5) is 16.2 Å². The van der Waals surface area contributed by atoms with Gasteiger partial charge in [0.2, 0.25) is 0 Å². The first-order valence-corrected chi connectivity index (χ1v) is 10.9. The van der Waals surface area contributed by atoms with E-state index in [1.807, 2.05) is 6.92 Å². The van der Waals surface area contributed by atoms with E-state index in [9.17, 15) is 29.3 Å². The van der Waals surface area contributed by atoms with Crippen LogP contribution in [-0.2, 0) is 14.4 Å². The Kier molecular flexibility index (Phi) is 7.01. The second-order valence-corrected chi connectivity index (χ2v) is 7.94. The third kappa shape index (κ3) is 5.65. The minimum absolute atomic E-state index is 0.0584. The molecule has 0 aliphatic carbocycles. The summed E-state index contributed by atoms with van der Waals surface area (Å²) in [5, 5.41) is 13.1. The van der Waals surface area contributed by atoms with E-state index >= 15 is 0 Å². The molecule has 1 N–H and O–H groups in total. The van der Waals surface area contributed by atoms with Crippen molar-refractivity contribution in [1.29, 1.82) is 0 Å². The summed E-state index contributed by atoms with van der Waals surface area (Å²) >= 11 is 0. The fraction of sp³-hybridized carbons (Fsp3) is 0.0370. The number of aryl methyl sites for hydroxylation is 1. The van der Waals surface area contributed by atoms with Gasteiger partial charge in [0.05, 0.1) is 10.6 Å². The van der Waals surface area contributed by atoms with E-state index in [1.165, 1.54) is 42.5 Å². The molecule has 10 heteroatoms. The van der Waals surface area contributed by atoms with Crippen LogP contribution in [0.25, 0.3) is 12.2 Å². The summed E-state index contributed by atoms with van der Waals surface area (Å²) in [7, 11) is 0. The van der Waals surface area contributed by atoms with E-state index in [-0.39, 0.29) is 28.3 Å². The molecule has 0 saturated carbocycles. The molecule has 1 heterocycles. The van der Waals surface area contributed by atoms with Crippen LogP contribution in [0.2, 0.25) is 0 Å². The standard InChI is InChI=1S/C27H19N3O7/c1-17-9-12-20(13-10-17)29-26(33)22(25(32)28-27(29)34)16-19-6-2-3-8-23(19)37-24(31)14-11-18-5-4-7-21(15-18)30(35)36/h2-16H,1H3,(H,28,32,34)/b14-11+,22-16-. The number of carbonyl (C=O) groups excluding carboxylic acids is 4. The fourth-order valence-electron chi connectivity index (χ4n) is 3.48. The number of nitro benzene ring substituents is 1. The highest BCUT2D eigenvalue weighted by Gasteiger charge is 2.37. The smallest absolute Gasteiger partial charge is 0.336 e. The fourth-order valence-corrected chi connectivity index (χ4v) is 3.48. The molecule has 0 radical (unpaired) electrons. The summed E-state index contributed by atoms with van der Waals surface area (Å²) in [6.07, 6.45) is 3.69. The number of nitrogens with zero attached hydrogens (tertiary/aromatic N) is 2. The van der Waals surface area contributed by atoms with E-state index in [1.54, 1.807) is 42.5 Å². The third-order valence-electron chi connectivity index (χ3n) is 5.32. The van der Waals surface area contributed by atoms with E-state index < -0.39 is 28.7 Å². The molecule has 0 bridgehead atoms. The van der Waals surface area contributed by atoms with Gasteiger partial charge in [-0.3, -0.25) is 25.0 Å². The summed E-state index contributed by atoms with van der Waals surface area (Å²) in [5.74, 6) is -2.44. The zero-order chi connectivity index (χ0) is 26.5. The highest BCUT2D eigenvalue weighted by atomic mass is 16.6. The van der Waals surface area contributed by atoms with Gasteiger partial charge < -0.3 is 4.74 Å². The van der Waals surface area contributed by atoms with E-state index in [0.29, 0.717) is 5.56 Å². The van der Waals surface area contributed by atoms with Crippen molar-refractivity contribution in [3.05, 3.63) is 111 Å². The van der Waals surface area contributed by atoms with Crippen molar-refractivity contribution in [2.75, 3.05) is 4.90 Å². The number of esters is 1. The summed E-state index contributed by atoms with van der Waals surface area (Å²) < 4.78 is 5.37. The molecule has 3 aromatic carbocycles.